The molecule has 0 aliphatic heterocycles. The number of fused-ring (bicyclic) bond motifs is 1. The summed E-state index contributed by atoms with van der Waals surface area (Å²) in [5, 5.41) is 0.632. The average Bonchev–Trinajstić information content (AvgIpc) is 2.81. The van der Waals surface area contributed by atoms with Crippen LogP contribution in [0, 0.1) is 37.1 Å². The van der Waals surface area contributed by atoms with E-state index in [-0.39, 0.29) is 5.76 Å². The van der Waals surface area contributed by atoms with Crippen molar-refractivity contribution in [1.82, 2.24) is 0 Å². The molecule has 1 heterocycles. The topological polar surface area (TPSA) is 13.1 Å². The van der Waals surface area contributed by atoms with Gasteiger partial charge >= 0.3 is 0 Å². The van der Waals surface area contributed by atoms with Crippen LogP contribution in [0.3, 0.4) is 0 Å². The third-order valence-electron chi connectivity index (χ3n) is 3.55. The van der Waals surface area contributed by atoms with Gasteiger partial charge in [-0.05, 0) is 19.9 Å². The van der Waals surface area contributed by atoms with E-state index >= 15 is 0 Å². The molecular formula is C16H10F4O. The zero-order valence-electron chi connectivity index (χ0n) is 11.2. The molecule has 0 aliphatic carbocycles. The van der Waals surface area contributed by atoms with Gasteiger partial charge in [-0.3, -0.25) is 0 Å². The first-order valence-electron chi connectivity index (χ1n) is 6.24. The fraction of sp³-hybridized carbons (Fsp3) is 0.125. The van der Waals surface area contributed by atoms with E-state index < -0.39 is 34.4 Å². The van der Waals surface area contributed by atoms with E-state index in [9.17, 15) is 17.6 Å². The van der Waals surface area contributed by atoms with E-state index in [1.165, 1.54) is 0 Å². The van der Waals surface area contributed by atoms with Crippen molar-refractivity contribution in [3.63, 3.8) is 0 Å². The minimum Gasteiger partial charge on any atom is -0.456 e. The summed E-state index contributed by atoms with van der Waals surface area (Å²) in [5.74, 6) is -5.93. The van der Waals surface area contributed by atoms with Gasteiger partial charge in [0.05, 0.1) is 5.56 Å². The van der Waals surface area contributed by atoms with Crippen molar-refractivity contribution < 1.29 is 22.0 Å². The van der Waals surface area contributed by atoms with Gasteiger partial charge in [-0.1, -0.05) is 18.2 Å². The Morgan fingerprint density at radius 3 is 1.90 bits per heavy atom. The van der Waals surface area contributed by atoms with Crippen molar-refractivity contribution in [2.75, 3.05) is 0 Å². The highest BCUT2D eigenvalue weighted by molar-refractivity contribution is 5.87. The monoisotopic (exact) mass is 294 g/mol. The predicted molar refractivity (Wildman–Crippen MR) is 71.0 cm³/mol. The Labute approximate surface area is 117 Å². The molecule has 0 aliphatic rings. The van der Waals surface area contributed by atoms with Crippen molar-refractivity contribution in [2.45, 2.75) is 13.8 Å². The molecule has 0 fully saturated rings. The van der Waals surface area contributed by atoms with Crippen LogP contribution in [0.2, 0.25) is 0 Å². The van der Waals surface area contributed by atoms with Gasteiger partial charge in [0.2, 0.25) is 0 Å². The molecule has 0 bridgehead atoms. The van der Waals surface area contributed by atoms with Crippen LogP contribution in [0.15, 0.2) is 28.7 Å². The van der Waals surface area contributed by atoms with Crippen LogP contribution in [-0.4, -0.2) is 0 Å². The van der Waals surface area contributed by atoms with Crippen LogP contribution in [0.25, 0.3) is 22.3 Å². The van der Waals surface area contributed by atoms with Gasteiger partial charge in [0.25, 0.3) is 0 Å². The van der Waals surface area contributed by atoms with E-state index in [2.05, 4.69) is 0 Å². The number of hydrogen-bond donors (Lipinski definition) is 0. The first-order valence-corrected chi connectivity index (χ1v) is 6.24. The maximum Gasteiger partial charge on any atom is 0.173 e. The molecule has 0 spiro atoms. The van der Waals surface area contributed by atoms with Gasteiger partial charge in [-0.15, -0.1) is 0 Å². The molecule has 1 nitrogen and oxygen atoms in total. The molecule has 1 aromatic heterocycles. The number of rotatable bonds is 1. The van der Waals surface area contributed by atoms with Crippen LogP contribution in [0.1, 0.15) is 11.1 Å². The second-order valence-corrected chi connectivity index (χ2v) is 4.81. The molecule has 21 heavy (non-hydrogen) atoms. The summed E-state index contributed by atoms with van der Waals surface area (Å²) < 4.78 is 60.9. The molecular weight excluding hydrogens is 284 g/mol. The lowest BCUT2D eigenvalue weighted by Gasteiger charge is -2.08. The minimum atomic E-state index is -1.45. The maximum absolute atomic E-state index is 14.1. The highest BCUT2D eigenvalue weighted by atomic mass is 19.2. The van der Waals surface area contributed by atoms with E-state index in [1.807, 2.05) is 0 Å². The summed E-state index contributed by atoms with van der Waals surface area (Å²) in [6, 6.07) is 6.74. The van der Waals surface area contributed by atoms with Crippen molar-refractivity contribution in [1.29, 1.82) is 0 Å². The smallest absolute Gasteiger partial charge is 0.173 e. The van der Waals surface area contributed by atoms with Crippen molar-refractivity contribution in [3.05, 3.63) is 58.7 Å². The number of benzene rings is 2. The first-order chi connectivity index (χ1) is 9.93. The Bertz CT molecular complexity index is 835. The molecule has 0 saturated carbocycles. The molecule has 0 atom stereocenters. The van der Waals surface area contributed by atoms with Gasteiger partial charge < -0.3 is 4.42 Å². The van der Waals surface area contributed by atoms with E-state index in [0.29, 0.717) is 16.5 Å². The Morgan fingerprint density at radius 1 is 0.762 bits per heavy atom. The lowest BCUT2D eigenvalue weighted by molar-refractivity contribution is 0.444. The van der Waals surface area contributed by atoms with Crippen LogP contribution in [-0.2, 0) is 0 Å². The Morgan fingerprint density at radius 2 is 1.33 bits per heavy atom. The summed E-state index contributed by atoms with van der Waals surface area (Å²) in [6.45, 7) is 2.56. The summed E-state index contributed by atoms with van der Waals surface area (Å²) in [6.07, 6.45) is 0. The van der Waals surface area contributed by atoms with Crippen LogP contribution < -0.4 is 0 Å². The SMILES string of the molecule is Cc1c(F)c(F)c(-c2oc3ccccc3c2C)c(F)c1F. The summed E-state index contributed by atoms with van der Waals surface area (Å²) in [4.78, 5) is 0. The molecule has 0 N–H and O–H groups in total. The minimum absolute atomic E-state index is 0.205. The fourth-order valence-electron chi connectivity index (χ4n) is 2.35. The number of para-hydroxylation sites is 1. The average molecular weight is 294 g/mol. The summed E-state index contributed by atoms with van der Waals surface area (Å²) in [5.41, 5.74) is -0.692. The van der Waals surface area contributed by atoms with Crippen LogP contribution in [0.4, 0.5) is 17.6 Å². The van der Waals surface area contributed by atoms with Crippen molar-refractivity contribution in [2.24, 2.45) is 0 Å². The second kappa shape index (κ2) is 4.62. The molecule has 0 radical (unpaired) electrons. The van der Waals surface area contributed by atoms with Crippen LogP contribution >= 0.6 is 0 Å². The number of furan rings is 1. The number of aryl methyl sites for hydroxylation is 1. The third-order valence-corrected chi connectivity index (χ3v) is 3.55. The quantitative estimate of drug-likeness (QED) is 0.440. The molecule has 0 unspecified atom stereocenters. The summed E-state index contributed by atoms with van der Waals surface area (Å²) in [7, 11) is 0. The fourth-order valence-corrected chi connectivity index (χ4v) is 2.35. The van der Waals surface area contributed by atoms with Crippen LogP contribution in [0.5, 0.6) is 0 Å². The Kier molecular flexibility index (Phi) is 3.01. The highest BCUT2D eigenvalue weighted by Crippen LogP contribution is 2.38. The molecule has 0 saturated heterocycles. The molecule has 3 aromatic rings. The standard InChI is InChI=1S/C16H10F4O/c1-7-9-5-3-4-6-10(9)21-16(7)11-14(19)12(17)8(2)13(18)15(11)20/h3-6H,1-2H3. The lowest BCUT2D eigenvalue weighted by Crippen LogP contribution is -2.03. The predicted octanol–water partition coefficient (Wildman–Crippen LogP) is 5.27. The summed E-state index contributed by atoms with van der Waals surface area (Å²) >= 11 is 0. The van der Waals surface area contributed by atoms with Gasteiger partial charge in [0, 0.05) is 16.5 Å². The maximum atomic E-state index is 14.1. The van der Waals surface area contributed by atoms with E-state index in [4.69, 9.17) is 4.42 Å². The number of hydrogen-bond acceptors (Lipinski definition) is 1. The van der Waals surface area contributed by atoms with Crippen molar-refractivity contribution >= 4 is 11.0 Å². The Balaban J connectivity index is 2.41. The van der Waals surface area contributed by atoms with Gasteiger partial charge in [0.1, 0.15) is 11.3 Å². The first kappa shape index (κ1) is 13.7. The largest absolute Gasteiger partial charge is 0.456 e. The van der Waals surface area contributed by atoms with Gasteiger partial charge in [-0.25, -0.2) is 17.6 Å². The lowest BCUT2D eigenvalue weighted by atomic mass is 10.0. The number of halogens is 4. The van der Waals surface area contributed by atoms with Gasteiger partial charge in [-0.2, -0.15) is 0 Å². The third kappa shape index (κ3) is 1.84. The second-order valence-electron chi connectivity index (χ2n) is 4.81. The molecule has 5 heteroatoms. The zero-order chi connectivity index (χ0) is 15.3. The zero-order valence-corrected chi connectivity index (χ0v) is 11.2. The van der Waals surface area contributed by atoms with Gasteiger partial charge in [0.15, 0.2) is 23.3 Å². The molecule has 0 amide bonds. The van der Waals surface area contributed by atoms with E-state index in [1.54, 1.807) is 31.2 Å². The Hall–Kier alpha value is -2.30. The van der Waals surface area contributed by atoms with E-state index in [0.717, 1.165) is 6.92 Å². The molecule has 3 rings (SSSR count). The van der Waals surface area contributed by atoms with Crippen molar-refractivity contribution in [3.8, 4) is 11.3 Å². The normalized spacial score (nSPS) is 11.3. The molecule has 2 aromatic carbocycles. The molecule has 108 valence electrons. The highest BCUT2D eigenvalue weighted by Gasteiger charge is 2.27.